The molecular formula is C11H16N4O4. The minimum Gasteiger partial charge on any atom is -0.476 e. The Balaban J connectivity index is 2.26. The highest BCUT2D eigenvalue weighted by Gasteiger charge is 2.30. The maximum absolute atomic E-state index is 11.1. The molecule has 2 N–H and O–H groups in total. The minimum atomic E-state index is -0.609. The van der Waals surface area contributed by atoms with Crippen LogP contribution in [0, 0.1) is 10.1 Å². The maximum Gasteiger partial charge on any atom is 0.392 e. The molecule has 2 rings (SSSR count). The van der Waals surface area contributed by atoms with Crippen molar-refractivity contribution in [2.24, 2.45) is 5.73 Å². The molecule has 1 aliphatic rings. The summed E-state index contributed by atoms with van der Waals surface area (Å²) >= 11 is 0. The van der Waals surface area contributed by atoms with Crippen LogP contribution >= 0.6 is 0 Å². The van der Waals surface area contributed by atoms with Crippen molar-refractivity contribution in [3.05, 3.63) is 16.4 Å². The molecule has 0 radical (unpaired) electrons. The molecule has 1 aliphatic carbocycles. The van der Waals surface area contributed by atoms with Gasteiger partial charge in [-0.05, 0) is 19.3 Å². The highest BCUT2D eigenvalue weighted by atomic mass is 16.6. The summed E-state index contributed by atoms with van der Waals surface area (Å²) in [5.41, 5.74) is 5.60. The smallest absolute Gasteiger partial charge is 0.392 e. The number of methoxy groups -OCH3 is 1. The molecule has 0 amide bonds. The fraction of sp³-hybridized carbons (Fsp3) is 0.636. The second-order valence-corrected chi connectivity index (χ2v) is 4.40. The van der Waals surface area contributed by atoms with Crippen molar-refractivity contribution >= 4 is 5.69 Å². The van der Waals surface area contributed by atoms with Crippen molar-refractivity contribution in [2.45, 2.75) is 37.8 Å². The summed E-state index contributed by atoms with van der Waals surface area (Å²) in [6.45, 7) is 0. The quantitative estimate of drug-likeness (QED) is 0.641. The summed E-state index contributed by atoms with van der Waals surface area (Å²) in [6.07, 6.45) is 4.58. The lowest BCUT2D eigenvalue weighted by atomic mass is 9.93. The summed E-state index contributed by atoms with van der Waals surface area (Å²) in [6, 6.07) is -0.130. The van der Waals surface area contributed by atoms with E-state index in [9.17, 15) is 10.1 Å². The van der Waals surface area contributed by atoms with Crippen LogP contribution in [0.15, 0.2) is 6.33 Å². The molecule has 1 fully saturated rings. The van der Waals surface area contributed by atoms with E-state index >= 15 is 0 Å². The first kappa shape index (κ1) is 13.5. The minimum absolute atomic E-state index is 0.0841. The number of hydrogen-bond donors (Lipinski definition) is 1. The predicted octanol–water partition coefficient (Wildman–Crippen LogP) is 1.04. The lowest BCUT2D eigenvalue weighted by Crippen LogP contribution is -2.41. The summed E-state index contributed by atoms with van der Waals surface area (Å²) in [4.78, 5) is 18.0. The van der Waals surface area contributed by atoms with Gasteiger partial charge in [0.15, 0.2) is 0 Å². The molecule has 1 heterocycles. The van der Waals surface area contributed by atoms with Gasteiger partial charge in [-0.2, -0.15) is 9.97 Å². The molecule has 1 saturated carbocycles. The van der Waals surface area contributed by atoms with Gasteiger partial charge in [-0.25, -0.2) is 0 Å². The summed E-state index contributed by atoms with van der Waals surface area (Å²) in [5, 5.41) is 11.1. The fourth-order valence-corrected chi connectivity index (χ4v) is 2.15. The number of hydrogen-bond acceptors (Lipinski definition) is 7. The molecule has 2 atom stereocenters. The van der Waals surface area contributed by atoms with Crippen LogP contribution in [0.5, 0.6) is 11.8 Å². The molecule has 0 aromatic carbocycles. The van der Waals surface area contributed by atoms with Gasteiger partial charge in [-0.1, -0.05) is 6.42 Å². The highest BCUT2D eigenvalue weighted by molar-refractivity contribution is 5.49. The Bertz CT molecular complexity index is 468. The van der Waals surface area contributed by atoms with Gasteiger partial charge >= 0.3 is 17.4 Å². The molecule has 2 unspecified atom stereocenters. The number of nitro groups is 1. The highest BCUT2D eigenvalue weighted by Crippen LogP contribution is 2.34. The topological polar surface area (TPSA) is 113 Å². The van der Waals surface area contributed by atoms with Crippen LogP contribution < -0.4 is 15.2 Å². The van der Waals surface area contributed by atoms with Crippen molar-refractivity contribution in [3.8, 4) is 11.8 Å². The molecule has 19 heavy (non-hydrogen) atoms. The van der Waals surface area contributed by atoms with Crippen LogP contribution in [0.1, 0.15) is 25.7 Å². The summed E-state index contributed by atoms with van der Waals surface area (Å²) < 4.78 is 10.5. The van der Waals surface area contributed by atoms with E-state index in [0.29, 0.717) is 0 Å². The van der Waals surface area contributed by atoms with Crippen LogP contribution in [0.25, 0.3) is 0 Å². The molecule has 0 spiro atoms. The van der Waals surface area contributed by atoms with Crippen LogP contribution in [0.3, 0.4) is 0 Å². The van der Waals surface area contributed by atoms with E-state index in [1.54, 1.807) is 0 Å². The van der Waals surface area contributed by atoms with Crippen LogP contribution in [0.4, 0.5) is 5.69 Å². The molecular weight excluding hydrogens is 252 g/mol. The van der Waals surface area contributed by atoms with E-state index < -0.39 is 4.92 Å². The Labute approximate surface area is 110 Å². The third-order valence-electron chi connectivity index (χ3n) is 3.15. The van der Waals surface area contributed by atoms with E-state index in [1.807, 2.05) is 0 Å². The van der Waals surface area contributed by atoms with Crippen molar-refractivity contribution in [1.82, 2.24) is 9.97 Å². The normalized spacial score (nSPS) is 22.8. The Morgan fingerprint density at radius 2 is 2.05 bits per heavy atom. The Morgan fingerprint density at radius 3 is 2.68 bits per heavy atom. The zero-order valence-electron chi connectivity index (χ0n) is 10.6. The SMILES string of the molecule is COc1ncnc(OC2CCCCC2N)c1[N+](=O)[O-]. The molecule has 1 aromatic heterocycles. The average molecular weight is 268 g/mol. The standard InChI is InChI=1S/C11H16N4O4/c1-18-10-9(15(16)17)11(14-6-13-10)19-8-5-3-2-4-7(8)12/h6-8H,2-5,12H2,1H3. The van der Waals surface area contributed by atoms with Crippen molar-refractivity contribution in [1.29, 1.82) is 0 Å². The Hall–Kier alpha value is -1.96. The number of nitrogens with two attached hydrogens (primary N) is 1. The first-order valence-electron chi connectivity index (χ1n) is 6.09. The van der Waals surface area contributed by atoms with Gasteiger partial charge in [-0.15, -0.1) is 0 Å². The van der Waals surface area contributed by atoms with Gasteiger partial charge in [-0.3, -0.25) is 10.1 Å². The fourth-order valence-electron chi connectivity index (χ4n) is 2.15. The van der Waals surface area contributed by atoms with Crippen LogP contribution in [0.2, 0.25) is 0 Å². The zero-order chi connectivity index (χ0) is 13.8. The average Bonchev–Trinajstić information content (AvgIpc) is 2.40. The third-order valence-corrected chi connectivity index (χ3v) is 3.15. The van der Waals surface area contributed by atoms with Gasteiger partial charge in [0.25, 0.3) is 0 Å². The molecule has 0 aliphatic heterocycles. The second kappa shape index (κ2) is 5.79. The van der Waals surface area contributed by atoms with E-state index in [0.717, 1.165) is 25.7 Å². The Morgan fingerprint density at radius 1 is 1.37 bits per heavy atom. The van der Waals surface area contributed by atoms with Gasteiger partial charge in [0, 0.05) is 6.04 Å². The maximum atomic E-state index is 11.1. The van der Waals surface area contributed by atoms with Crippen LogP contribution in [-0.2, 0) is 0 Å². The molecule has 0 saturated heterocycles. The van der Waals surface area contributed by atoms with Gasteiger partial charge in [0.05, 0.1) is 12.0 Å². The summed E-state index contributed by atoms with van der Waals surface area (Å²) in [5.74, 6) is -0.196. The van der Waals surface area contributed by atoms with Gasteiger partial charge in [0.1, 0.15) is 12.4 Å². The van der Waals surface area contributed by atoms with E-state index in [4.69, 9.17) is 15.2 Å². The first-order valence-corrected chi connectivity index (χ1v) is 6.09. The van der Waals surface area contributed by atoms with Crippen molar-refractivity contribution in [3.63, 3.8) is 0 Å². The lowest BCUT2D eigenvalue weighted by molar-refractivity contribution is -0.387. The lowest BCUT2D eigenvalue weighted by Gasteiger charge is -2.28. The molecule has 8 heteroatoms. The van der Waals surface area contributed by atoms with Crippen molar-refractivity contribution in [2.75, 3.05) is 7.11 Å². The monoisotopic (exact) mass is 268 g/mol. The van der Waals surface area contributed by atoms with E-state index in [2.05, 4.69) is 9.97 Å². The Kier molecular flexibility index (Phi) is 4.10. The van der Waals surface area contributed by atoms with Gasteiger partial charge in [0.2, 0.25) is 0 Å². The summed E-state index contributed by atoms with van der Waals surface area (Å²) in [7, 11) is 1.31. The number of aromatic nitrogens is 2. The molecule has 8 nitrogen and oxygen atoms in total. The van der Waals surface area contributed by atoms with Crippen LogP contribution in [-0.4, -0.2) is 34.1 Å². The molecule has 104 valence electrons. The van der Waals surface area contributed by atoms with Crippen molar-refractivity contribution < 1.29 is 14.4 Å². The molecule has 1 aromatic rings. The predicted molar refractivity (Wildman–Crippen MR) is 66.1 cm³/mol. The second-order valence-electron chi connectivity index (χ2n) is 4.40. The van der Waals surface area contributed by atoms with Gasteiger partial charge < -0.3 is 15.2 Å². The zero-order valence-corrected chi connectivity index (χ0v) is 10.6. The largest absolute Gasteiger partial charge is 0.476 e. The number of ether oxygens (including phenoxy) is 2. The molecule has 0 bridgehead atoms. The number of rotatable bonds is 4. The van der Waals surface area contributed by atoms with E-state index in [-0.39, 0.29) is 29.6 Å². The number of nitrogens with zero attached hydrogens (tertiary/aromatic N) is 3. The van der Waals surface area contributed by atoms with E-state index in [1.165, 1.54) is 13.4 Å². The third kappa shape index (κ3) is 2.90. The first-order chi connectivity index (χ1) is 9.13.